The standard InChI is InChI=1S/C23H40N2O/c1-25(2)23(26)21-19-17-15-13-11-9-7-5-3-4-6-8-10-12-14-16-18-20-22-24/h3,5-6,8-9,11-12,14H,4,7,10,13,15-22,24H2,1-2H3. The van der Waals surface area contributed by atoms with Gasteiger partial charge in [0.1, 0.15) is 0 Å². The van der Waals surface area contributed by atoms with Gasteiger partial charge >= 0.3 is 0 Å². The highest BCUT2D eigenvalue weighted by molar-refractivity contribution is 5.75. The highest BCUT2D eigenvalue weighted by Crippen LogP contribution is 2.05. The molecule has 0 saturated heterocycles. The van der Waals surface area contributed by atoms with Crippen molar-refractivity contribution in [3.63, 3.8) is 0 Å². The van der Waals surface area contributed by atoms with Crippen LogP contribution < -0.4 is 5.73 Å². The van der Waals surface area contributed by atoms with Gasteiger partial charge in [0, 0.05) is 20.5 Å². The zero-order valence-electron chi connectivity index (χ0n) is 17.0. The van der Waals surface area contributed by atoms with Gasteiger partial charge in [-0.2, -0.15) is 0 Å². The summed E-state index contributed by atoms with van der Waals surface area (Å²) in [5, 5.41) is 0. The molecule has 3 heteroatoms. The summed E-state index contributed by atoms with van der Waals surface area (Å²) in [6.07, 6.45) is 29.5. The van der Waals surface area contributed by atoms with E-state index in [-0.39, 0.29) is 5.91 Å². The summed E-state index contributed by atoms with van der Waals surface area (Å²) in [4.78, 5) is 13.1. The summed E-state index contributed by atoms with van der Waals surface area (Å²) in [6.45, 7) is 0.800. The lowest BCUT2D eigenvalue weighted by molar-refractivity contribution is -0.128. The van der Waals surface area contributed by atoms with E-state index in [9.17, 15) is 4.79 Å². The third-order valence-electron chi connectivity index (χ3n) is 4.07. The van der Waals surface area contributed by atoms with Gasteiger partial charge in [-0.1, -0.05) is 55.0 Å². The second-order valence-corrected chi connectivity index (χ2v) is 6.76. The summed E-state index contributed by atoms with van der Waals surface area (Å²) in [6, 6.07) is 0. The third kappa shape index (κ3) is 18.7. The Hall–Kier alpha value is -1.61. The van der Waals surface area contributed by atoms with E-state index in [0.717, 1.165) is 57.9 Å². The molecule has 0 unspecified atom stereocenters. The third-order valence-corrected chi connectivity index (χ3v) is 4.07. The number of carbonyl (C=O) groups excluding carboxylic acids is 1. The smallest absolute Gasteiger partial charge is 0.222 e. The number of amides is 1. The minimum atomic E-state index is 0.235. The largest absolute Gasteiger partial charge is 0.349 e. The van der Waals surface area contributed by atoms with Crippen LogP contribution in [0.1, 0.15) is 70.6 Å². The van der Waals surface area contributed by atoms with E-state index in [0.29, 0.717) is 6.42 Å². The number of hydrogen-bond acceptors (Lipinski definition) is 2. The maximum absolute atomic E-state index is 11.4. The number of carbonyl (C=O) groups is 1. The van der Waals surface area contributed by atoms with Gasteiger partial charge in [0.15, 0.2) is 0 Å². The molecule has 0 saturated carbocycles. The molecule has 0 aromatic carbocycles. The van der Waals surface area contributed by atoms with Crippen LogP contribution in [0.25, 0.3) is 0 Å². The van der Waals surface area contributed by atoms with Gasteiger partial charge in [0.25, 0.3) is 0 Å². The molecule has 2 N–H and O–H groups in total. The number of allylic oxidation sites excluding steroid dienone is 8. The fourth-order valence-electron chi connectivity index (χ4n) is 2.39. The quantitative estimate of drug-likeness (QED) is 0.290. The highest BCUT2D eigenvalue weighted by Gasteiger charge is 2.01. The number of unbranched alkanes of at least 4 members (excludes halogenated alkanes) is 5. The Morgan fingerprint density at radius 3 is 1.62 bits per heavy atom. The van der Waals surface area contributed by atoms with Gasteiger partial charge in [0.2, 0.25) is 5.91 Å². The molecule has 148 valence electrons. The minimum Gasteiger partial charge on any atom is -0.349 e. The molecule has 0 spiro atoms. The average molecular weight is 361 g/mol. The lowest BCUT2D eigenvalue weighted by atomic mass is 10.1. The van der Waals surface area contributed by atoms with Crippen LogP contribution in [0.15, 0.2) is 48.6 Å². The van der Waals surface area contributed by atoms with E-state index in [1.807, 2.05) is 14.1 Å². The summed E-state index contributed by atoms with van der Waals surface area (Å²) in [5.74, 6) is 0.235. The molecule has 0 aromatic rings. The molecule has 0 aliphatic carbocycles. The van der Waals surface area contributed by atoms with E-state index < -0.39 is 0 Å². The van der Waals surface area contributed by atoms with Crippen LogP contribution in [0.2, 0.25) is 0 Å². The van der Waals surface area contributed by atoms with Crippen molar-refractivity contribution in [3.05, 3.63) is 48.6 Å². The highest BCUT2D eigenvalue weighted by atomic mass is 16.2. The molecule has 0 fully saturated rings. The normalized spacial score (nSPS) is 12.3. The maximum Gasteiger partial charge on any atom is 0.222 e. The molecule has 0 atom stereocenters. The van der Waals surface area contributed by atoms with Crippen LogP contribution in [0, 0.1) is 0 Å². The van der Waals surface area contributed by atoms with E-state index in [2.05, 4.69) is 48.6 Å². The molecule has 0 rings (SSSR count). The molecule has 3 nitrogen and oxygen atoms in total. The fraction of sp³-hybridized carbons (Fsp3) is 0.609. The van der Waals surface area contributed by atoms with Crippen LogP contribution in [0.5, 0.6) is 0 Å². The van der Waals surface area contributed by atoms with Crippen molar-refractivity contribution in [3.8, 4) is 0 Å². The fourth-order valence-corrected chi connectivity index (χ4v) is 2.39. The van der Waals surface area contributed by atoms with Crippen molar-refractivity contribution in [1.29, 1.82) is 0 Å². The molecule has 0 bridgehead atoms. The number of rotatable bonds is 16. The zero-order chi connectivity index (χ0) is 19.3. The van der Waals surface area contributed by atoms with E-state index in [1.54, 1.807) is 4.90 Å². The molecule has 0 aliphatic heterocycles. The molecule has 1 amide bonds. The first-order valence-electron chi connectivity index (χ1n) is 10.2. The van der Waals surface area contributed by atoms with E-state index >= 15 is 0 Å². The summed E-state index contributed by atoms with van der Waals surface area (Å²) in [7, 11) is 3.63. The van der Waals surface area contributed by atoms with Gasteiger partial charge in [-0.15, -0.1) is 0 Å². The van der Waals surface area contributed by atoms with Crippen LogP contribution in [0.4, 0.5) is 0 Å². The molecule has 0 aromatic heterocycles. The Morgan fingerprint density at radius 1 is 0.692 bits per heavy atom. The number of nitrogens with two attached hydrogens (primary N) is 1. The summed E-state index contributed by atoms with van der Waals surface area (Å²) in [5.41, 5.74) is 5.46. The Balaban J connectivity index is 3.42. The Labute approximate surface area is 161 Å². The van der Waals surface area contributed by atoms with Crippen molar-refractivity contribution in [1.82, 2.24) is 4.90 Å². The van der Waals surface area contributed by atoms with Crippen molar-refractivity contribution in [2.75, 3.05) is 20.6 Å². The molecular weight excluding hydrogens is 320 g/mol. The minimum absolute atomic E-state index is 0.235. The monoisotopic (exact) mass is 360 g/mol. The van der Waals surface area contributed by atoms with Crippen molar-refractivity contribution in [2.45, 2.75) is 70.6 Å². The number of hydrogen-bond donors (Lipinski definition) is 1. The summed E-state index contributed by atoms with van der Waals surface area (Å²) < 4.78 is 0. The Morgan fingerprint density at radius 2 is 1.15 bits per heavy atom. The molecule has 26 heavy (non-hydrogen) atoms. The van der Waals surface area contributed by atoms with Crippen molar-refractivity contribution in [2.24, 2.45) is 5.73 Å². The van der Waals surface area contributed by atoms with Gasteiger partial charge in [0.05, 0.1) is 0 Å². The molecule has 0 aliphatic rings. The van der Waals surface area contributed by atoms with Crippen LogP contribution in [-0.2, 0) is 4.79 Å². The number of nitrogens with zero attached hydrogens (tertiary/aromatic N) is 1. The molecule has 0 radical (unpaired) electrons. The zero-order valence-corrected chi connectivity index (χ0v) is 17.0. The summed E-state index contributed by atoms with van der Waals surface area (Å²) >= 11 is 0. The Kier molecular flexibility index (Phi) is 18.5. The predicted molar refractivity (Wildman–Crippen MR) is 115 cm³/mol. The first-order chi connectivity index (χ1) is 12.7. The van der Waals surface area contributed by atoms with Crippen LogP contribution in [0.3, 0.4) is 0 Å². The topological polar surface area (TPSA) is 46.3 Å². The SMILES string of the molecule is CN(C)C(=O)CCCCCC=CCC=CCC=CCC=CCCCCN. The van der Waals surface area contributed by atoms with Crippen LogP contribution >= 0.6 is 0 Å². The van der Waals surface area contributed by atoms with E-state index in [1.165, 1.54) is 12.8 Å². The predicted octanol–water partition coefficient (Wildman–Crippen LogP) is 5.55. The van der Waals surface area contributed by atoms with Gasteiger partial charge in [-0.05, 0) is 64.3 Å². The lowest BCUT2D eigenvalue weighted by Gasteiger charge is -2.09. The second kappa shape index (κ2) is 19.7. The second-order valence-electron chi connectivity index (χ2n) is 6.76. The van der Waals surface area contributed by atoms with Gasteiger partial charge in [-0.3, -0.25) is 4.79 Å². The van der Waals surface area contributed by atoms with Crippen molar-refractivity contribution >= 4 is 5.91 Å². The van der Waals surface area contributed by atoms with E-state index in [4.69, 9.17) is 5.73 Å². The van der Waals surface area contributed by atoms with Gasteiger partial charge in [-0.25, -0.2) is 0 Å². The molecule has 0 heterocycles. The average Bonchev–Trinajstić information content (AvgIpc) is 2.63. The lowest BCUT2D eigenvalue weighted by Crippen LogP contribution is -2.20. The maximum atomic E-state index is 11.4. The molecular formula is C23H40N2O. The first kappa shape index (κ1) is 24.4. The first-order valence-corrected chi connectivity index (χ1v) is 10.2. The van der Waals surface area contributed by atoms with Gasteiger partial charge < -0.3 is 10.6 Å². The van der Waals surface area contributed by atoms with Crippen molar-refractivity contribution < 1.29 is 4.79 Å². The Bertz CT molecular complexity index is 433. The van der Waals surface area contributed by atoms with Crippen LogP contribution in [-0.4, -0.2) is 31.4 Å².